The molecule has 0 heterocycles. The summed E-state index contributed by atoms with van der Waals surface area (Å²) in [5.41, 5.74) is 1.54. The van der Waals surface area contributed by atoms with Crippen LogP contribution in [0.2, 0.25) is 5.02 Å². The molecular weight excluding hydrogens is 466 g/mol. The molecule has 0 aliphatic heterocycles. The zero-order chi connectivity index (χ0) is 24.3. The van der Waals surface area contributed by atoms with E-state index in [9.17, 15) is 22.4 Å². The Balaban J connectivity index is 1.57. The van der Waals surface area contributed by atoms with Gasteiger partial charge < -0.3 is 4.90 Å². The maximum atomic E-state index is 14.0. The highest BCUT2D eigenvalue weighted by atomic mass is 35.5. The summed E-state index contributed by atoms with van der Waals surface area (Å²) in [6.07, 6.45) is -0.696. The van der Waals surface area contributed by atoms with Crippen LogP contribution in [0.1, 0.15) is 57.8 Å². The number of benzene rings is 3. The van der Waals surface area contributed by atoms with Gasteiger partial charge in [0.1, 0.15) is 5.82 Å². The van der Waals surface area contributed by atoms with Gasteiger partial charge in [-0.1, -0.05) is 54.4 Å². The van der Waals surface area contributed by atoms with Crippen LogP contribution in [0.3, 0.4) is 0 Å². The third-order valence-electron chi connectivity index (χ3n) is 6.27. The summed E-state index contributed by atoms with van der Waals surface area (Å²) in [6.45, 7) is 0.456. The zero-order valence-corrected chi connectivity index (χ0v) is 19.2. The van der Waals surface area contributed by atoms with Gasteiger partial charge in [-0.05, 0) is 72.2 Å². The Morgan fingerprint density at radius 3 is 2.18 bits per heavy atom. The molecule has 2 nitrogen and oxygen atoms in total. The molecule has 0 bridgehead atoms. The smallest absolute Gasteiger partial charge is 0.334 e. The van der Waals surface area contributed by atoms with Gasteiger partial charge >= 0.3 is 6.18 Å². The molecule has 1 amide bonds. The molecular formula is C27H24ClF4NO. The standard InChI is InChI=1S/C27H24ClF4NO/c28-24-10-6-18(7-11-24)12-13-33(17-19-4-8-21(9-5-19)20-2-1-3-20)26(34)22-14-23(27(30,31)32)16-25(29)15-22/h4-11,14-16,20H,1-3,12-13,17H2. The predicted octanol–water partition coefficient (Wildman–Crippen LogP) is 7.65. The van der Waals surface area contributed by atoms with E-state index in [-0.39, 0.29) is 18.7 Å². The number of hydrogen-bond donors (Lipinski definition) is 0. The Hall–Kier alpha value is -2.86. The van der Waals surface area contributed by atoms with E-state index >= 15 is 0 Å². The SMILES string of the molecule is O=C(c1cc(F)cc(C(F)(F)F)c1)N(CCc1ccc(Cl)cc1)Cc1ccc(C2CCC2)cc1. The quantitative estimate of drug-likeness (QED) is 0.312. The number of carbonyl (C=O) groups excluding carboxylic acids is 1. The molecule has 0 atom stereocenters. The van der Waals surface area contributed by atoms with E-state index < -0.39 is 23.5 Å². The van der Waals surface area contributed by atoms with E-state index in [1.807, 2.05) is 36.4 Å². The van der Waals surface area contributed by atoms with Crippen LogP contribution in [-0.2, 0) is 19.1 Å². The van der Waals surface area contributed by atoms with Crippen molar-refractivity contribution in [2.45, 2.75) is 44.3 Å². The van der Waals surface area contributed by atoms with Gasteiger partial charge in [-0.25, -0.2) is 4.39 Å². The Kier molecular flexibility index (Phi) is 7.27. The van der Waals surface area contributed by atoms with E-state index in [0.717, 1.165) is 17.2 Å². The van der Waals surface area contributed by atoms with Gasteiger partial charge in [-0.2, -0.15) is 13.2 Å². The Morgan fingerprint density at radius 1 is 0.941 bits per heavy atom. The largest absolute Gasteiger partial charge is 0.416 e. The van der Waals surface area contributed by atoms with Crippen LogP contribution in [-0.4, -0.2) is 17.4 Å². The van der Waals surface area contributed by atoms with Crippen molar-refractivity contribution in [2.75, 3.05) is 6.54 Å². The molecule has 3 aromatic carbocycles. The number of carbonyl (C=O) groups is 1. The molecule has 0 unspecified atom stereocenters. The maximum Gasteiger partial charge on any atom is 0.416 e. The van der Waals surface area contributed by atoms with E-state index in [2.05, 4.69) is 0 Å². The van der Waals surface area contributed by atoms with Crippen molar-refractivity contribution in [1.82, 2.24) is 4.90 Å². The minimum absolute atomic E-state index is 0.204. The van der Waals surface area contributed by atoms with E-state index in [1.165, 1.54) is 29.7 Å². The molecule has 0 N–H and O–H groups in total. The molecule has 1 saturated carbocycles. The fourth-order valence-electron chi connectivity index (χ4n) is 4.08. The van der Waals surface area contributed by atoms with Gasteiger partial charge in [0.25, 0.3) is 5.91 Å². The Labute approximate surface area is 201 Å². The average molecular weight is 490 g/mol. The molecule has 178 valence electrons. The highest BCUT2D eigenvalue weighted by Crippen LogP contribution is 2.36. The molecule has 0 saturated heterocycles. The normalized spacial score (nSPS) is 14.0. The summed E-state index contributed by atoms with van der Waals surface area (Å²) in [6, 6.07) is 17.1. The van der Waals surface area contributed by atoms with E-state index in [1.54, 1.807) is 12.1 Å². The molecule has 4 rings (SSSR count). The highest BCUT2D eigenvalue weighted by Gasteiger charge is 2.32. The maximum absolute atomic E-state index is 14.0. The summed E-state index contributed by atoms with van der Waals surface area (Å²) in [5, 5.41) is 0.586. The second kappa shape index (κ2) is 10.2. The van der Waals surface area contributed by atoms with Crippen molar-refractivity contribution >= 4 is 17.5 Å². The number of halogens is 5. The van der Waals surface area contributed by atoms with E-state index in [0.29, 0.717) is 29.5 Å². The lowest BCUT2D eigenvalue weighted by molar-refractivity contribution is -0.137. The van der Waals surface area contributed by atoms with Gasteiger partial charge in [0, 0.05) is 23.7 Å². The van der Waals surface area contributed by atoms with Crippen LogP contribution in [0.4, 0.5) is 17.6 Å². The second-order valence-corrected chi connectivity index (χ2v) is 9.14. The van der Waals surface area contributed by atoms with Crippen LogP contribution < -0.4 is 0 Å². The van der Waals surface area contributed by atoms with Gasteiger partial charge in [0.05, 0.1) is 5.56 Å². The number of alkyl halides is 3. The molecule has 3 aromatic rings. The second-order valence-electron chi connectivity index (χ2n) is 8.70. The first-order chi connectivity index (χ1) is 16.2. The zero-order valence-electron chi connectivity index (χ0n) is 18.4. The van der Waals surface area contributed by atoms with Gasteiger partial charge in [0.15, 0.2) is 0 Å². The molecule has 0 aromatic heterocycles. The van der Waals surface area contributed by atoms with Gasteiger partial charge in [0.2, 0.25) is 0 Å². The first-order valence-corrected chi connectivity index (χ1v) is 11.6. The number of nitrogens with zero attached hydrogens (tertiary/aromatic N) is 1. The topological polar surface area (TPSA) is 20.3 Å². The van der Waals surface area contributed by atoms with Crippen LogP contribution in [0.15, 0.2) is 66.7 Å². The molecule has 1 aliphatic carbocycles. The number of rotatable bonds is 7. The highest BCUT2D eigenvalue weighted by molar-refractivity contribution is 6.30. The fraction of sp³-hybridized carbons (Fsp3) is 0.296. The van der Waals surface area contributed by atoms with Crippen molar-refractivity contribution in [3.8, 4) is 0 Å². The molecule has 0 spiro atoms. The number of amides is 1. The predicted molar refractivity (Wildman–Crippen MR) is 124 cm³/mol. The van der Waals surface area contributed by atoms with Crippen LogP contribution >= 0.6 is 11.6 Å². The van der Waals surface area contributed by atoms with Crippen molar-refractivity contribution < 1.29 is 22.4 Å². The van der Waals surface area contributed by atoms with Crippen molar-refractivity contribution in [1.29, 1.82) is 0 Å². The lowest BCUT2D eigenvalue weighted by Gasteiger charge is -2.27. The minimum Gasteiger partial charge on any atom is -0.334 e. The summed E-state index contributed by atoms with van der Waals surface area (Å²) < 4.78 is 53.6. The Bertz CT molecular complexity index is 1140. The molecule has 34 heavy (non-hydrogen) atoms. The van der Waals surface area contributed by atoms with Crippen molar-refractivity contribution in [3.63, 3.8) is 0 Å². The average Bonchev–Trinajstić information content (AvgIpc) is 2.76. The molecule has 1 aliphatic rings. The third-order valence-corrected chi connectivity index (χ3v) is 6.52. The third kappa shape index (κ3) is 5.98. The summed E-state index contributed by atoms with van der Waals surface area (Å²) in [5.74, 6) is -1.17. The van der Waals surface area contributed by atoms with Crippen LogP contribution in [0.25, 0.3) is 0 Å². The van der Waals surface area contributed by atoms with Crippen molar-refractivity contribution in [3.05, 3.63) is 105 Å². The first-order valence-electron chi connectivity index (χ1n) is 11.2. The van der Waals surface area contributed by atoms with Crippen LogP contribution in [0.5, 0.6) is 0 Å². The van der Waals surface area contributed by atoms with Gasteiger partial charge in [-0.3, -0.25) is 4.79 Å². The Morgan fingerprint density at radius 2 is 1.59 bits per heavy atom. The molecule has 0 radical (unpaired) electrons. The summed E-state index contributed by atoms with van der Waals surface area (Å²) in [7, 11) is 0. The summed E-state index contributed by atoms with van der Waals surface area (Å²) in [4.78, 5) is 14.7. The van der Waals surface area contributed by atoms with E-state index in [4.69, 9.17) is 11.6 Å². The van der Waals surface area contributed by atoms with Crippen molar-refractivity contribution in [2.24, 2.45) is 0 Å². The molecule has 1 fully saturated rings. The summed E-state index contributed by atoms with van der Waals surface area (Å²) >= 11 is 5.94. The fourth-order valence-corrected chi connectivity index (χ4v) is 4.21. The van der Waals surface area contributed by atoms with Gasteiger partial charge in [-0.15, -0.1) is 0 Å². The lowest BCUT2D eigenvalue weighted by atomic mass is 9.80. The monoisotopic (exact) mass is 489 g/mol. The molecule has 7 heteroatoms. The minimum atomic E-state index is -4.75. The van der Waals surface area contributed by atoms with Crippen LogP contribution in [0, 0.1) is 5.82 Å². The lowest BCUT2D eigenvalue weighted by Crippen LogP contribution is -2.33. The first kappa shape index (κ1) is 24.3. The number of hydrogen-bond acceptors (Lipinski definition) is 1.